The first-order valence-electron chi connectivity index (χ1n) is 5.72. The number of nitrogens with zero attached hydrogens (tertiary/aromatic N) is 1. The Balaban J connectivity index is 2.15. The van der Waals surface area contributed by atoms with Gasteiger partial charge < -0.3 is 15.5 Å². The highest BCUT2D eigenvalue weighted by molar-refractivity contribution is 5.30. The van der Waals surface area contributed by atoms with Crippen molar-refractivity contribution in [1.82, 2.24) is 9.97 Å². The topological polar surface area (TPSA) is 81.0 Å². The molecule has 0 fully saturated rings. The van der Waals surface area contributed by atoms with Crippen molar-refractivity contribution in [2.75, 3.05) is 6.54 Å². The highest BCUT2D eigenvalue weighted by atomic mass is 16.5. The van der Waals surface area contributed by atoms with Crippen LogP contribution in [0.1, 0.15) is 11.4 Å². The standard InChI is InChI=1S/C13H15N3O2/c1-9-15-12(17)8-13(16-9)18-11-4-2-10(3-5-11)6-7-14/h2-5,8H,6-7,14H2,1H3,(H,15,16,17). The number of ether oxygens (including phenoxy) is 1. The number of H-pyrrole nitrogens is 1. The molecule has 3 N–H and O–H groups in total. The summed E-state index contributed by atoms with van der Waals surface area (Å²) in [6.07, 6.45) is 0.836. The average Bonchev–Trinajstić information content (AvgIpc) is 2.31. The fourth-order valence-electron chi connectivity index (χ4n) is 1.62. The van der Waals surface area contributed by atoms with E-state index >= 15 is 0 Å². The van der Waals surface area contributed by atoms with Crippen LogP contribution in [0.3, 0.4) is 0 Å². The summed E-state index contributed by atoms with van der Waals surface area (Å²) < 4.78 is 5.51. The summed E-state index contributed by atoms with van der Waals surface area (Å²) in [5.74, 6) is 1.47. The number of aryl methyl sites for hydroxylation is 1. The van der Waals surface area contributed by atoms with Crippen molar-refractivity contribution in [3.8, 4) is 11.6 Å². The average molecular weight is 245 g/mol. The highest BCUT2D eigenvalue weighted by Gasteiger charge is 2.01. The maximum atomic E-state index is 11.3. The minimum atomic E-state index is -0.225. The lowest BCUT2D eigenvalue weighted by Crippen LogP contribution is -2.08. The van der Waals surface area contributed by atoms with Gasteiger partial charge in [-0.3, -0.25) is 4.79 Å². The van der Waals surface area contributed by atoms with E-state index in [1.807, 2.05) is 24.3 Å². The third kappa shape index (κ3) is 3.18. The summed E-state index contributed by atoms with van der Waals surface area (Å²) in [6, 6.07) is 8.89. The van der Waals surface area contributed by atoms with E-state index in [-0.39, 0.29) is 5.56 Å². The minimum Gasteiger partial charge on any atom is -0.439 e. The lowest BCUT2D eigenvalue weighted by Gasteiger charge is -2.05. The molecule has 94 valence electrons. The zero-order valence-corrected chi connectivity index (χ0v) is 10.1. The molecule has 2 aromatic rings. The van der Waals surface area contributed by atoms with E-state index in [4.69, 9.17) is 10.5 Å². The van der Waals surface area contributed by atoms with Crippen LogP contribution in [-0.4, -0.2) is 16.5 Å². The van der Waals surface area contributed by atoms with Gasteiger partial charge in [0.15, 0.2) is 0 Å². The lowest BCUT2D eigenvalue weighted by atomic mass is 10.1. The van der Waals surface area contributed by atoms with Gasteiger partial charge in [-0.25, -0.2) is 4.98 Å². The summed E-state index contributed by atoms with van der Waals surface area (Å²) in [5, 5.41) is 0. The summed E-state index contributed by atoms with van der Waals surface area (Å²) >= 11 is 0. The fraction of sp³-hybridized carbons (Fsp3) is 0.231. The monoisotopic (exact) mass is 245 g/mol. The van der Waals surface area contributed by atoms with Crippen molar-refractivity contribution in [3.63, 3.8) is 0 Å². The molecule has 0 unspecified atom stereocenters. The second-order valence-corrected chi connectivity index (χ2v) is 3.95. The van der Waals surface area contributed by atoms with Gasteiger partial charge in [0.05, 0.1) is 6.07 Å². The van der Waals surface area contributed by atoms with Gasteiger partial charge in [0.25, 0.3) is 5.56 Å². The second-order valence-electron chi connectivity index (χ2n) is 3.95. The first-order chi connectivity index (χ1) is 8.67. The quantitative estimate of drug-likeness (QED) is 0.852. The number of nitrogens with two attached hydrogens (primary N) is 1. The highest BCUT2D eigenvalue weighted by Crippen LogP contribution is 2.18. The van der Waals surface area contributed by atoms with Crippen LogP contribution < -0.4 is 16.0 Å². The summed E-state index contributed by atoms with van der Waals surface area (Å²) in [5.41, 5.74) is 6.40. The Morgan fingerprint density at radius 2 is 2.06 bits per heavy atom. The Bertz CT molecular complexity index is 576. The molecule has 0 atom stereocenters. The first kappa shape index (κ1) is 12.3. The van der Waals surface area contributed by atoms with E-state index in [2.05, 4.69) is 9.97 Å². The van der Waals surface area contributed by atoms with Crippen LogP contribution in [0.4, 0.5) is 0 Å². The molecule has 0 aliphatic carbocycles. The number of benzene rings is 1. The van der Waals surface area contributed by atoms with Gasteiger partial charge in [0.1, 0.15) is 11.6 Å². The number of rotatable bonds is 4. The first-order valence-corrected chi connectivity index (χ1v) is 5.72. The Labute approximate surface area is 105 Å². The molecule has 1 heterocycles. The van der Waals surface area contributed by atoms with Gasteiger partial charge in [-0.05, 0) is 37.6 Å². The van der Waals surface area contributed by atoms with Crippen LogP contribution in [0.25, 0.3) is 0 Å². The van der Waals surface area contributed by atoms with Gasteiger partial charge in [-0.15, -0.1) is 0 Å². The van der Waals surface area contributed by atoms with Crippen molar-refractivity contribution >= 4 is 0 Å². The number of aromatic amines is 1. The van der Waals surface area contributed by atoms with Crippen molar-refractivity contribution in [2.45, 2.75) is 13.3 Å². The molecule has 1 aromatic heterocycles. The van der Waals surface area contributed by atoms with Crippen molar-refractivity contribution in [2.24, 2.45) is 5.73 Å². The van der Waals surface area contributed by atoms with E-state index in [9.17, 15) is 4.79 Å². The van der Waals surface area contributed by atoms with Crippen LogP contribution in [0.15, 0.2) is 35.1 Å². The predicted molar refractivity (Wildman–Crippen MR) is 68.9 cm³/mol. The lowest BCUT2D eigenvalue weighted by molar-refractivity contribution is 0.458. The van der Waals surface area contributed by atoms with Crippen molar-refractivity contribution in [1.29, 1.82) is 0 Å². The predicted octanol–water partition coefficient (Wildman–Crippen LogP) is 1.37. The fourth-order valence-corrected chi connectivity index (χ4v) is 1.62. The molecule has 5 nitrogen and oxygen atoms in total. The number of hydrogen-bond donors (Lipinski definition) is 2. The van der Waals surface area contributed by atoms with Crippen molar-refractivity contribution in [3.05, 3.63) is 52.1 Å². The van der Waals surface area contributed by atoms with Crippen molar-refractivity contribution < 1.29 is 4.74 Å². The van der Waals surface area contributed by atoms with Crippen LogP contribution >= 0.6 is 0 Å². The smallest absolute Gasteiger partial charge is 0.254 e. The molecule has 0 saturated carbocycles. The van der Waals surface area contributed by atoms with E-state index in [0.717, 1.165) is 12.0 Å². The molecule has 5 heteroatoms. The Morgan fingerprint density at radius 1 is 1.33 bits per heavy atom. The Kier molecular flexibility index (Phi) is 3.74. The molecule has 0 radical (unpaired) electrons. The molecular formula is C13H15N3O2. The minimum absolute atomic E-state index is 0.225. The normalized spacial score (nSPS) is 10.3. The maximum absolute atomic E-state index is 11.3. The van der Waals surface area contributed by atoms with Crippen LogP contribution in [0, 0.1) is 6.92 Å². The largest absolute Gasteiger partial charge is 0.439 e. The number of nitrogens with one attached hydrogen (secondary N) is 1. The third-order valence-electron chi connectivity index (χ3n) is 2.42. The van der Waals surface area contributed by atoms with E-state index in [1.54, 1.807) is 6.92 Å². The van der Waals surface area contributed by atoms with E-state index in [0.29, 0.717) is 24.0 Å². The van der Waals surface area contributed by atoms with Crippen LogP contribution in [0.5, 0.6) is 11.6 Å². The number of hydrogen-bond acceptors (Lipinski definition) is 4. The molecule has 0 bridgehead atoms. The van der Waals surface area contributed by atoms with Gasteiger partial charge in [0.2, 0.25) is 5.88 Å². The second kappa shape index (κ2) is 5.46. The molecule has 1 aromatic carbocycles. The molecule has 0 spiro atoms. The third-order valence-corrected chi connectivity index (χ3v) is 2.42. The van der Waals surface area contributed by atoms with E-state index in [1.165, 1.54) is 6.07 Å². The van der Waals surface area contributed by atoms with Gasteiger partial charge in [-0.1, -0.05) is 12.1 Å². The van der Waals surface area contributed by atoms with Crippen LogP contribution in [0.2, 0.25) is 0 Å². The molecule has 0 amide bonds. The Hall–Kier alpha value is -2.14. The molecule has 0 saturated heterocycles. The molecule has 0 aliphatic rings. The maximum Gasteiger partial charge on any atom is 0.254 e. The summed E-state index contributed by atoms with van der Waals surface area (Å²) in [7, 11) is 0. The SMILES string of the molecule is Cc1nc(Oc2ccc(CCN)cc2)cc(=O)[nH]1. The van der Waals surface area contributed by atoms with Gasteiger partial charge in [-0.2, -0.15) is 0 Å². The van der Waals surface area contributed by atoms with Crippen LogP contribution in [-0.2, 0) is 6.42 Å². The number of aromatic nitrogens is 2. The van der Waals surface area contributed by atoms with Gasteiger partial charge >= 0.3 is 0 Å². The zero-order valence-electron chi connectivity index (χ0n) is 10.1. The van der Waals surface area contributed by atoms with Gasteiger partial charge in [0, 0.05) is 0 Å². The molecule has 2 rings (SSSR count). The molecule has 18 heavy (non-hydrogen) atoms. The molecule has 0 aliphatic heterocycles. The van der Waals surface area contributed by atoms with E-state index < -0.39 is 0 Å². The summed E-state index contributed by atoms with van der Waals surface area (Å²) in [4.78, 5) is 17.9. The Morgan fingerprint density at radius 3 is 2.67 bits per heavy atom. The molecular weight excluding hydrogens is 230 g/mol. The zero-order chi connectivity index (χ0) is 13.0. The summed E-state index contributed by atoms with van der Waals surface area (Å²) in [6.45, 7) is 2.33.